The Labute approximate surface area is 102 Å². The number of carbonyl (C=O) groups is 1. The third kappa shape index (κ3) is 2.82. The first-order valence-corrected chi connectivity index (χ1v) is 5.33. The normalized spacial score (nSPS) is 11.1. The molecule has 0 aliphatic carbocycles. The molecule has 1 aromatic rings. The Morgan fingerprint density at radius 1 is 1.41 bits per heavy atom. The first kappa shape index (κ1) is 13.6. The van der Waals surface area contributed by atoms with Gasteiger partial charge in [0.2, 0.25) is 0 Å². The van der Waals surface area contributed by atoms with E-state index >= 15 is 0 Å². The molecule has 17 heavy (non-hydrogen) atoms. The summed E-state index contributed by atoms with van der Waals surface area (Å²) >= 11 is 2.77. The molecule has 1 aromatic carbocycles. The van der Waals surface area contributed by atoms with Gasteiger partial charge in [0.1, 0.15) is 5.82 Å². The number of halogens is 5. The molecule has 7 heteroatoms. The van der Waals surface area contributed by atoms with Gasteiger partial charge in [0.05, 0.1) is 28.1 Å². The van der Waals surface area contributed by atoms with Crippen LogP contribution in [-0.4, -0.2) is 11.1 Å². The molecule has 0 bridgehead atoms. The zero-order valence-corrected chi connectivity index (χ0v) is 9.69. The molecule has 0 unspecified atom stereocenters. The Balaban J connectivity index is 3.47. The highest BCUT2D eigenvalue weighted by Gasteiger charge is 2.35. The molecular formula is C10H4BrF4NO. The third-order valence-corrected chi connectivity index (χ3v) is 2.46. The molecule has 0 aromatic heterocycles. The lowest BCUT2D eigenvalue weighted by Crippen LogP contribution is -2.12. The summed E-state index contributed by atoms with van der Waals surface area (Å²) in [6, 6.07) is 2.07. The minimum atomic E-state index is -4.83. The van der Waals surface area contributed by atoms with Gasteiger partial charge in [-0.1, -0.05) is 15.9 Å². The predicted octanol–water partition coefficient (Wildman–Crippen LogP) is 3.29. The van der Waals surface area contributed by atoms with E-state index in [0.717, 1.165) is 0 Å². The number of benzene rings is 1. The number of hydrogen-bond donors (Lipinski definition) is 0. The van der Waals surface area contributed by atoms with Crippen molar-refractivity contribution in [2.24, 2.45) is 0 Å². The molecule has 90 valence electrons. The van der Waals surface area contributed by atoms with Crippen LogP contribution in [0.3, 0.4) is 0 Å². The number of rotatable bonds is 2. The topological polar surface area (TPSA) is 40.9 Å². The molecule has 0 N–H and O–H groups in total. The maximum Gasteiger partial charge on any atom is 0.417 e. The fourth-order valence-electron chi connectivity index (χ4n) is 1.19. The van der Waals surface area contributed by atoms with Crippen molar-refractivity contribution in [3.05, 3.63) is 34.6 Å². The lowest BCUT2D eigenvalue weighted by molar-refractivity contribution is -0.138. The highest BCUT2D eigenvalue weighted by atomic mass is 79.9. The molecule has 0 heterocycles. The first-order chi connectivity index (χ1) is 7.81. The van der Waals surface area contributed by atoms with Gasteiger partial charge in [-0.05, 0) is 12.1 Å². The van der Waals surface area contributed by atoms with E-state index in [2.05, 4.69) is 15.9 Å². The van der Waals surface area contributed by atoms with Crippen molar-refractivity contribution in [2.45, 2.75) is 6.18 Å². The fraction of sp³-hybridized carbons (Fsp3) is 0.200. The average Bonchev–Trinajstić information content (AvgIpc) is 2.26. The van der Waals surface area contributed by atoms with Crippen molar-refractivity contribution in [3.63, 3.8) is 0 Å². The summed E-state index contributed by atoms with van der Waals surface area (Å²) in [5.41, 5.74) is -2.70. The maximum atomic E-state index is 13.3. The van der Waals surface area contributed by atoms with Crippen LogP contribution in [0.15, 0.2) is 12.1 Å². The summed E-state index contributed by atoms with van der Waals surface area (Å²) < 4.78 is 50.5. The smallest absolute Gasteiger partial charge is 0.293 e. The SMILES string of the molecule is N#Cc1cc(C(=O)CBr)c(F)cc1C(F)(F)F. The molecule has 1 rings (SSSR count). The fourth-order valence-corrected chi connectivity index (χ4v) is 1.49. The molecule has 0 radical (unpaired) electrons. The van der Waals surface area contributed by atoms with E-state index in [1.807, 2.05) is 0 Å². The van der Waals surface area contributed by atoms with Crippen LogP contribution < -0.4 is 0 Å². The van der Waals surface area contributed by atoms with E-state index in [-0.39, 0.29) is 11.4 Å². The molecule has 2 nitrogen and oxygen atoms in total. The molecule has 0 amide bonds. The summed E-state index contributed by atoms with van der Waals surface area (Å²) in [7, 11) is 0. The monoisotopic (exact) mass is 309 g/mol. The first-order valence-electron chi connectivity index (χ1n) is 4.21. The van der Waals surface area contributed by atoms with Gasteiger partial charge >= 0.3 is 6.18 Å². The van der Waals surface area contributed by atoms with E-state index in [0.29, 0.717) is 6.07 Å². The predicted molar refractivity (Wildman–Crippen MR) is 54.2 cm³/mol. The zero-order chi connectivity index (χ0) is 13.2. The lowest BCUT2D eigenvalue weighted by Gasteiger charge is -2.10. The van der Waals surface area contributed by atoms with Crippen LogP contribution in [0.2, 0.25) is 0 Å². The largest absolute Gasteiger partial charge is 0.417 e. The van der Waals surface area contributed by atoms with Crippen molar-refractivity contribution in [1.29, 1.82) is 5.26 Å². The Hall–Kier alpha value is -1.42. The van der Waals surface area contributed by atoms with Crippen LogP contribution in [0.25, 0.3) is 0 Å². The Kier molecular flexibility index (Phi) is 3.88. The van der Waals surface area contributed by atoms with Gasteiger partial charge in [-0.15, -0.1) is 0 Å². The van der Waals surface area contributed by atoms with Gasteiger partial charge in [-0.3, -0.25) is 4.79 Å². The minimum Gasteiger partial charge on any atom is -0.293 e. The second-order valence-electron chi connectivity index (χ2n) is 3.04. The second kappa shape index (κ2) is 4.84. The lowest BCUT2D eigenvalue weighted by atomic mass is 10.0. The quantitative estimate of drug-likeness (QED) is 0.478. The van der Waals surface area contributed by atoms with Crippen LogP contribution in [0.4, 0.5) is 17.6 Å². The highest BCUT2D eigenvalue weighted by Crippen LogP contribution is 2.33. The Bertz CT molecular complexity index is 504. The molecule has 0 saturated heterocycles. The van der Waals surface area contributed by atoms with Crippen molar-refractivity contribution >= 4 is 21.7 Å². The summed E-state index contributed by atoms with van der Waals surface area (Å²) in [5, 5.41) is 8.32. The number of hydrogen-bond acceptors (Lipinski definition) is 2. The molecule has 0 fully saturated rings. The van der Waals surface area contributed by atoms with Gasteiger partial charge in [0.25, 0.3) is 0 Å². The summed E-state index contributed by atoms with van der Waals surface area (Å²) in [5.74, 6) is -2.02. The van der Waals surface area contributed by atoms with Gasteiger partial charge < -0.3 is 0 Å². The molecule has 0 aliphatic rings. The summed E-state index contributed by atoms with van der Waals surface area (Å²) in [4.78, 5) is 11.2. The van der Waals surface area contributed by atoms with Gasteiger partial charge in [-0.2, -0.15) is 18.4 Å². The van der Waals surface area contributed by atoms with Crippen LogP contribution in [0.1, 0.15) is 21.5 Å². The van der Waals surface area contributed by atoms with Crippen molar-refractivity contribution in [2.75, 3.05) is 5.33 Å². The van der Waals surface area contributed by atoms with Gasteiger partial charge in [-0.25, -0.2) is 4.39 Å². The highest BCUT2D eigenvalue weighted by molar-refractivity contribution is 9.09. The van der Waals surface area contributed by atoms with Gasteiger partial charge in [0, 0.05) is 0 Å². The van der Waals surface area contributed by atoms with Crippen LogP contribution in [0.5, 0.6) is 0 Å². The van der Waals surface area contributed by atoms with E-state index in [4.69, 9.17) is 5.26 Å². The molecule has 0 atom stereocenters. The van der Waals surface area contributed by atoms with Gasteiger partial charge in [0.15, 0.2) is 5.78 Å². The number of ketones is 1. The maximum absolute atomic E-state index is 13.3. The van der Waals surface area contributed by atoms with E-state index < -0.39 is 34.5 Å². The van der Waals surface area contributed by atoms with Crippen LogP contribution >= 0.6 is 15.9 Å². The molecule has 0 spiro atoms. The molecular weight excluding hydrogens is 306 g/mol. The second-order valence-corrected chi connectivity index (χ2v) is 3.60. The minimum absolute atomic E-state index is 0.161. The standard InChI is InChI=1S/C10H4BrF4NO/c11-3-9(17)6-1-5(4-16)7(2-8(6)12)10(13,14)15/h1-2H,3H2. The van der Waals surface area contributed by atoms with E-state index in [1.54, 1.807) is 0 Å². The third-order valence-electron chi connectivity index (χ3n) is 1.95. The number of nitriles is 1. The summed E-state index contributed by atoms with van der Waals surface area (Å²) in [6.45, 7) is 0. The number of carbonyl (C=O) groups excluding carboxylic acids is 1. The number of nitrogens with zero attached hydrogens (tertiary/aromatic N) is 1. The Morgan fingerprint density at radius 3 is 2.41 bits per heavy atom. The average molecular weight is 310 g/mol. The number of Topliss-reactive ketones (excluding diaryl/α,β-unsaturated/α-hetero) is 1. The Morgan fingerprint density at radius 2 is 2.00 bits per heavy atom. The van der Waals surface area contributed by atoms with Crippen molar-refractivity contribution in [3.8, 4) is 6.07 Å². The number of alkyl halides is 4. The van der Waals surface area contributed by atoms with E-state index in [1.165, 1.54) is 6.07 Å². The molecule has 0 saturated carbocycles. The van der Waals surface area contributed by atoms with Crippen molar-refractivity contribution in [1.82, 2.24) is 0 Å². The van der Waals surface area contributed by atoms with Crippen LogP contribution in [0, 0.1) is 17.1 Å². The van der Waals surface area contributed by atoms with Crippen molar-refractivity contribution < 1.29 is 22.4 Å². The van der Waals surface area contributed by atoms with E-state index in [9.17, 15) is 22.4 Å². The van der Waals surface area contributed by atoms with Crippen LogP contribution in [-0.2, 0) is 6.18 Å². The zero-order valence-electron chi connectivity index (χ0n) is 8.11. The molecule has 0 aliphatic heterocycles. The summed E-state index contributed by atoms with van der Waals surface area (Å²) in [6.07, 6.45) is -4.83.